The predicted octanol–water partition coefficient (Wildman–Crippen LogP) is -0.670. The number of ether oxygens (including phenoxy) is 2. The van der Waals surface area contributed by atoms with Crippen LogP contribution in [0.2, 0.25) is 0 Å². The number of nitrogens with two attached hydrogens (primary N) is 1. The number of carbonyl (C=O) groups is 2. The summed E-state index contributed by atoms with van der Waals surface area (Å²) >= 11 is 0. The van der Waals surface area contributed by atoms with E-state index in [1.807, 2.05) is 11.8 Å². The first-order valence-electron chi connectivity index (χ1n) is 8.69. The van der Waals surface area contributed by atoms with Crippen molar-refractivity contribution in [1.29, 1.82) is 0 Å². The van der Waals surface area contributed by atoms with Gasteiger partial charge < -0.3 is 25.8 Å². The average molecular weight is 346 g/mol. The van der Waals surface area contributed by atoms with E-state index in [-0.39, 0.29) is 24.0 Å². The van der Waals surface area contributed by atoms with Gasteiger partial charge in [-0.15, -0.1) is 0 Å². The maximum absolute atomic E-state index is 11.8. The van der Waals surface area contributed by atoms with E-state index in [1.165, 1.54) is 0 Å². The molecule has 1 unspecified atom stereocenters. The molecule has 142 valence electrons. The zero-order valence-corrected chi connectivity index (χ0v) is 15.5. The Bertz CT molecular complexity index is 355. The molecule has 8 heteroatoms. The van der Waals surface area contributed by atoms with Gasteiger partial charge in [0.15, 0.2) is 0 Å². The Morgan fingerprint density at radius 3 is 2.21 bits per heavy atom. The van der Waals surface area contributed by atoms with Crippen molar-refractivity contribution in [1.82, 2.24) is 15.5 Å². The minimum Gasteiger partial charge on any atom is -0.465 e. The molecule has 0 spiro atoms. The van der Waals surface area contributed by atoms with Crippen LogP contribution in [0.5, 0.6) is 0 Å². The van der Waals surface area contributed by atoms with Crippen molar-refractivity contribution in [3.63, 3.8) is 0 Å². The van der Waals surface area contributed by atoms with E-state index in [0.717, 1.165) is 6.54 Å². The van der Waals surface area contributed by atoms with Crippen molar-refractivity contribution < 1.29 is 19.1 Å². The summed E-state index contributed by atoms with van der Waals surface area (Å²) in [5.74, 6) is -0.467. The van der Waals surface area contributed by atoms with Gasteiger partial charge in [-0.05, 0) is 27.7 Å². The van der Waals surface area contributed by atoms with Crippen LogP contribution in [0.25, 0.3) is 0 Å². The van der Waals surface area contributed by atoms with Crippen LogP contribution < -0.4 is 16.4 Å². The smallest absolute Gasteiger partial charge is 0.323 e. The number of esters is 2. The molecule has 4 N–H and O–H groups in total. The summed E-state index contributed by atoms with van der Waals surface area (Å²) in [7, 11) is 0. The van der Waals surface area contributed by atoms with Crippen molar-refractivity contribution in [2.75, 3.05) is 52.5 Å². The minimum atomic E-state index is -0.315. The van der Waals surface area contributed by atoms with Crippen molar-refractivity contribution in [3.05, 3.63) is 0 Å². The highest BCUT2D eigenvalue weighted by Crippen LogP contribution is 2.00. The van der Waals surface area contributed by atoms with E-state index < -0.39 is 0 Å². The largest absolute Gasteiger partial charge is 0.465 e. The third-order valence-corrected chi connectivity index (χ3v) is 3.56. The molecule has 0 saturated carbocycles. The fraction of sp³-hybridized carbons (Fsp3) is 0.875. The zero-order chi connectivity index (χ0) is 18.4. The molecule has 0 radical (unpaired) electrons. The number of carbonyl (C=O) groups excluding carboxylic acids is 2. The number of hydrogen-bond donors (Lipinski definition) is 3. The van der Waals surface area contributed by atoms with Gasteiger partial charge in [-0.2, -0.15) is 0 Å². The highest BCUT2D eigenvalue weighted by atomic mass is 16.5. The number of hydrogen-bond acceptors (Lipinski definition) is 8. The molecule has 2 atom stereocenters. The first-order valence-corrected chi connectivity index (χ1v) is 8.69. The van der Waals surface area contributed by atoms with Crippen LogP contribution in [-0.2, 0) is 19.1 Å². The molecular weight excluding hydrogens is 312 g/mol. The number of nitrogens with one attached hydrogen (secondary N) is 2. The van der Waals surface area contributed by atoms with Crippen molar-refractivity contribution in [3.8, 4) is 0 Å². The van der Waals surface area contributed by atoms with Crippen LogP contribution >= 0.6 is 0 Å². The topological polar surface area (TPSA) is 106 Å². The van der Waals surface area contributed by atoms with Crippen LogP contribution in [0.1, 0.15) is 27.7 Å². The summed E-state index contributed by atoms with van der Waals surface area (Å²) in [6.07, 6.45) is 0. The Kier molecular flexibility index (Phi) is 13.4. The molecule has 0 saturated heterocycles. The van der Waals surface area contributed by atoms with Crippen molar-refractivity contribution in [2.24, 2.45) is 5.73 Å². The third kappa shape index (κ3) is 9.82. The fourth-order valence-corrected chi connectivity index (χ4v) is 2.15. The van der Waals surface area contributed by atoms with E-state index in [1.54, 1.807) is 20.8 Å². The Morgan fingerprint density at radius 2 is 1.62 bits per heavy atom. The summed E-state index contributed by atoms with van der Waals surface area (Å²) in [6, 6.07) is -0.624. The molecule has 0 aliphatic rings. The van der Waals surface area contributed by atoms with Gasteiger partial charge in [-0.3, -0.25) is 14.5 Å². The fourth-order valence-electron chi connectivity index (χ4n) is 2.15. The van der Waals surface area contributed by atoms with Gasteiger partial charge in [0.2, 0.25) is 0 Å². The van der Waals surface area contributed by atoms with Crippen LogP contribution in [0.3, 0.4) is 0 Å². The van der Waals surface area contributed by atoms with E-state index in [4.69, 9.17) is 15.2 Å². The van der Waals surface area contributed by atoms with Gasteiger partial charge in [0.25, 0.3) is 0 Å². The molecule has 0 heterocycles. The minimum absolute atomic E-state index is 0.226. The molecule has 0 amide bonds. The van der Waals surface area contributed by atoms with Crippen LogP contribution in [0.4, 0.5) is 0 Å². The zero-order valence-electron chi connectivity index (χ0n) is 15.5. The van der Waals surface area contributed by atoms with Gasteiger partial charge in [-0.1, -0.05) is 0 Å². The summed E-state index contributed by atoms with van der Waals surface area (Å²) in [4.78, 5) is 25.3. The van der Waals surface area contributed by atoms with E-state index in [2.05, 4.69) is 10.6 Å². The standard InChI is InChI=1S/C16H34N4O4/c1-5-23-15(21)13(3)19-9-8-18-10-12-20(11-7-17)14(4)16(22)24-6-2/h13-14,18-19H,5-12,17H2,1-4H3/t13-,14?/m1/s1. The number of nitrogens with zero attached hydrogens (tertiary/aromatic N) is 1. The molecule has 0 aliphatic heterocycles. The highest BCUT2D eigenvalue weighted by Gasteiger charge is 2.21. The molecule has 8 nitrogen and oxygen atoms in total. The summed E-state index contributed by atoms with van der Waals surface area (Å²) in [5, 5.41) is 6.37. The van der Waals surface area contributed by atoms with E-state index in [9.17, 15) is 9.59 Å². The van der Waals surface area contributed by atoms with Gasteiger partial charge >= 0.3 is 11.9 Å². The maximum atomic E-state index is 11.8. The molecular formula is C16H34N4O4. The Balaban J connectivity index is 3.96. The number of rotatable bonds is 14. The first kappa shape index (κ1) is 22.8. The molecule has 0 aliphatic carbocycles. The normalized spacial score (nSPS) is 13.6. The molecule has 0 aromatic rings. The molecule has 0 fully saturated rings. The predicted molar refractivity (Wildman–Crippen MR) is 93.7 cm³/mol. The lowest BCUT2D eigenvalue weighted by Gasteiger charge is -2.27. The lowest BCUT2D eigenvalue weighted by molar-refractivity contribution is -0.149. The lowest BCUT2D eigenvalue weighted by Crippen LogP contribution is -2.46. The van der Waals surface area contributed by atoms with Gasteiger partial charge in [-0.25, -0.2) is 0 Å². The van der Waals surface area contributed by atoms with E-state index in [0.29, 0.717) is 45.9 Å². The SMILES string of the molecule is CCOC(=O)C(C)N(CCN)CCNCCN[C@H](C)C(=O)OCC. The monoisotopic (exact) mass is 346 g/mol. The maximum Gasteiger partial charge on any atom is 0.323 e. The van der Waals surface area contributed by atoms with Gasteiger partial charge in [0.1, 0.15) is 12.1 Å². The summed E-state index contributed by atoms with van der Waals surface area (Å²) in [5.41, 5.74) is 5.61. The highest BCUT2D eigenvalue weighted by molar-refractivity contribution is 5.75. The van der Waals surface area contributed by atoms with Crippen molar-refractivity contribution in [2.45, 2.75) is 39.8 Å². The summed E-state index contributed by atoms with van der Waals surface area (Å²) in [6.45, 7) is 11.9. The van der Waals surface area contributed by atoms with Crippen LogP contribution in [0, 0.1) is 0 Å². The van der Waals surface area contributed by atoms with Gasteiger partial charge in [0, 0.05) is 39.3 Å². The quantitative estimate of drug-likeness (QED) is 0.281. The molecule has 24 heavy (non-hydrogen) atoms. The Morgan fingerprint density at radius 1 is 1.00 bits per heavy atom. The lowest BCUT2D eigenvalue weighted by atomic mass is 10.2. The Hall–Kier alpha value is -1.22. The second-order valence-electron chi connectivity index (χ2n) is 5.43. The van der Waals surface area contributed by atoms with Crippen molar-refractivity contribution >= 4 is 11.9 Å². The van der Waals surface area contributed by atoms with E-state index >= 15 is 0 Å². The third-order valence-electron chi connectivity index (χ3n) is 3.56. The average Bonchev–Trinajstić information content (AvgIpc) is 2.56. The molecule has 0 bridgehead atoms. The Labute approximate surface area is 145 Å². The molecule has 0 rings (SSSR count). The molecule has 0 aromatic heterocycles. The van der Waals surface area contributed by atoms with Gasteiger partial charge in [0.05, 0.1) is 13.2 Å². The first-order chi connectivity index (χ1) is 11.5. The second-order valence-corrected chi connectivity index (χ2v) is 5.43. The molecule has 0 aromatic carbocycles. The second kappa shape index (κ2) is 14.2. The van der Waals surface area contributed by atoms with Crippen LogP contribution in [-0.4, -0.2) is 81.4 Å². The van der Waals surface area contributed by atoms with Crippen LogP contribution in [0.15, 0.2) is 0 Å². The summed E-state index contributed by atoms with van der Waals surface area (Å²) < 4.78 is 9.97.